The standard InChI is InChI=1S/C22H32N3/c1-2-8-19-17(6-1)7-5-11-21(19)24-14-12-18(13-15-24)25-16-23-20-9-3-4-10-22(20)25/h3-4,9-10,16-19,21,23H,1-2,5-8,11-15H2/t17-,19-,21-/m1/s1. The van der Waals surface area contributed by atoms with Gasteiger partial charge < -0.3 is 10.2 Å². The van der Waals surface area contributed by atoms with Crippen molar-refractivity contribution in [2.24, 2.45) is 11.8 Å². The molecule has 0 amide bonds. The molecule has 25 heavy (non-hydrogen) atoms. The second kappa shape index (κ2) is 6.83. The van der Waals surface area contributed by atoms with E-state index in [1.54, 1.807) is 0 Å². The average molecular weight is 339 g/mol. The Labute approximate surface area is 152 Å². The molecule has 1 radical (unpaired) electrons. The lowest BCUT2D eigenvalue weighted by Gasteiger charge is -2.49. The third-order valence-corrected chi connectivity index (χ3v) is 7.44. The maximum atomic E-state index is 3.45. The molecule has 3 fully saturated rings. The van der Waals surface area contributed by atoms with Gasteiger partial charge in [-0.25, -0.2) is 0 Å². The molecule has 0 unspecified atom stereocenters. The molecule has 1 saturated heterocycles. The lowest BCUT2D eigenvalue weighted by Crippen LogP contribution is -2.52. The van der Waals surface area contributed by atoms with Gasteiger partial charge in [0.05, 0.1) is 11.4 Å². The van der Waals surface area contributed by atoms with Gasteiger partial charge in [0.25, 0.3) is 0 Å². The highest BCUT2D eigenvalue weighted by Gasteiger charge is 2.39. The minimum Gasteiger partial charge on any atom is -0.360 e. The molecule has 0 aromatic heterocycles. The molecular weight excluding hydrogens is 306 g/mol. The fourth-order valence-electron chi connectivity index (χ4n) is 6.19. The number of nitrogens with zero attached hydrogens (tertiary/aromatic N) is 2. The van der Waals surface area contributed by atoms with Crippen molar-refractivity contribution in [2.45, 2.75) is 69.9 Å². The van der Waals surface area contributed by atoms with Crippen LogP contribution in [0.1, 0.15) is 57.8 Å². The van der Waals surface area contributed by atoms with E-state index in [0.717, 1.165) is 17.9 Å². The number of benzene rings is 1. The van der Waals surface area contributed by atoms with Crippen molar-refractivity contribution in [3.8, 4) is 0 Å². The van der Waals surface area contributed by atoms with E-state index < -0.39 is 0 Å². The van der Waals surface area contributed by atoms with Gasteiger partial charge in [-0.05, 0) is 49.7 Å². The predicted octanol–water partition coefficient (Wildman–Crippen LogP) is 4.86. The zero-order chi connectivity index (χ0) is 16.6. The molecule has 2 aliphatic carbocycles. The first-order chi connectivity index (χ1) is 12.4. The van der Waals surface area contributed by atoms with Crippen molar-refractivity contribution in [1.29, 1.82) is 0 Å². The highest BCUT2D eigenvalue weighted by molar-refractivity contribution is 5.77. The number of likely N-dealkylation sites (tertiary alicyclic amines) is 1. The van der Waals surface area contributed by atoms with Gasteiger partial charge in [-0.2, -0.15) is 0 Å². The molecule has 2 heterocycles. The van der Waals surface area contributed by atoms with Crippen LogP contribution in [-0.4, -0.2) is 30.1 Å². The van der Waals surface area contributed by atoms with Crippen molar-refractivity contribution in [2.75, 3.05) is 23.3 Å². The summed E-state index contributed by atoms with van der Waals surface area (Å²) >= 11 is 0. The quantitative estimate of drug-likeness (QED) is 0.830. The van der Waals surface area contributed by atoms with Gasteiger partial charge in [-0.1, -0.05) is 44.2 Å². The summed E-state index contributed by atoms with van der Waals surface area (Å²) in [5.74, 6) is 2.06. The van der Waals surface area contributed by atoms with E-state index in [1.165, 1.54) is 82.3 Å². The second-order valence-corrected chi connectivity index (χ2v) is 8.67. The van der Waals surface area contributed by atoms with Crippen LogP contribution in [0.3, 0.4) is 0 Å². The van der Waals surface area contributed by atoms with Gasteiger partial charge in [0.15, 0.2) is 0 Å². The van der Waals surface area contributed by atoms with E-state index in [9.17, 15) is 0 Å². The normalized spacial score (nSPS) is 33.6. The Bertz CT molecular complexity index is 591. The smallest absolute Gasteiger partial charge is 0.139 e. The molecule has 2 aliphatic heterocycles. The molecule has 135 valence electrons. The Morgan fingerprint density at radius 1 is 0.840 bits per heavy atom. The number of piperidine rings is 1. The predicted molar refractivity (Wildman–Crippen MR) is 105 cm³/mol. The van der Waals surface area contributed by atoms with Gasteiger partial charge in [0.2, 0.25) is 0 Å². The van der Waals surface area contributed by atoms with Crippen LogP contribution in [0.25, 0.3) is 0 Å². The summed E-state index contributed by atoms with van der Waals surface area (Å²) in [6.07, 6.45) is 13.1. The zero-order valence-electron chi connectivity index (χ0n) is 15.4. The van der Waals surface area contributed by atoms with Crippen LogP contribution < -0.4 is 10.2 Å². The van der Waals surface area contributed by atoms with Crippen molar-refractivity contribution in [3.63, 3.8) is 0 Å². The summed E-state index contributed by atoms with van der Waals surface area (Å²) in [6.45, 7) is 4.79. The molecule has 5 rings (SSSR count). The van der Waals surface area contributed by atoms with Crippen LogP contribution in [0.2, 0.25) is 0 Å². The number of para-hydroxylation sites is 2. The van der Waals surface area contributed by atoms with Gasteiger partial charge in [-0.3, -0.25) is 4.90 Å². The van der Waals surface area contributed by atoms with Crippen molar-refractivity contribution in [1.82, 2.24) is 4.90 Å². The molecule has 3 heteroatoms. The van der Waals surface area contributed by atoms with Crippen LogP contribution in [0.15, 0.2) is 24.3 Å². The van der Waals surface area contributed by atoms with E-state index in [1.807, 2.05) is 0 Å². The third kappa shape index (κ3) is 2.95. The molecule has 0 spiro atoms. The fourth-order valence-corrected chi connectivity index (χ4v) is 6.19. The molecule has 2 saturated carbocycles. The second-order valence-electron chi connectivity index (χ2n) is 8.67. The van der Waals surface area contributed by atoms with Crippen LogP contribution in [-0.2, 0) is 0 Å². The van der Waals surface area contributed by atoms with E-state index in [0.29, 0.717) is 6.04 Å². The first-order valence-electron chi connectivity index (χ1n) is 10.6. The highest BCUT2D eigenvalue weighted by atomic mass is 15.3. The summed E-state index contributed by atoms with van der Waals surface area (Å²) in [5, 5.41) is 3.45. The third-order valence-electron chi connectivity index (χ3n) is 7.44. The molecule has 1 N–H and O–H groups in total. The van der Waals surface area contributed by atoms with Crippen molar-refractivity contribution >= 4 is 11.4 Å². The number of nitrogens with one attached hydrogen (secondary N) is 1. The van der Waals surface area contributed by atoms with E-state index in [-0.39, 0.29) is 0 Å². The lowest BCUT2D eigenvalue weighted by molar-refractivity contribution is 0.0272. The highest BCUT2D eigenvalue weighted by Crippen LogP contribution is 2.43. The number of hydrogen-bond donors (Lipinski definition) is 1. The maximum Gasteiger partial charge on any atom is 0.139 e. The van der Waals surface area contributed by atoms with E-state index >= 15 is 0 Å². The molecule has 0 bridgehead atoms. The van der Waals surface area contributed by atoms with Crippen molar-refractivity contribution in [3.05, 3.63) is 30.9 Å². The lowest BCUT2D eigenvalue weighted by atomic mass is 9.67. The minimum atomic E-state index is 0.665. The molecule has 3 nitrogen and oxygen atoms in total. The van der Waals surface area contributed by atoms with Gasteiger partial charge in [0.1, 0.15) is 6.67 Å². The Kier molecular flexibility index (Phi) is 4.37. The molecule has 3 atom stereocenters. The first-order valence-corrected chi connectivity index (χ1v) is 10.6. The van der Waals surface area contributed by atoms with Crippen LogP contribution >= 0.6 is 0 Å². The number of anilines is 2. The molecule has 1 aromatic rings. The SMILES string of the molecule is [CH]1Nc2ccccc2N1C1CCN([C@@H]2CCC[C@H]3CCCC[C@H]32)CC1. The average Bonchev–Trinajstić information content (AvgIpc) is 3.12. The summed E-state index contributed by atoms with van der Waals surface area (Å²) in [6, 6.07) is 10.3. The number of rotatable bonds is 2. The van der Waals surface area contributed by atoms with Crippen LogP contribution in [0.5, 0.6) is 0 Å². The zero-order valence-corrected chi connectivity index (χ0v) is 15.4. The topological polar surface area (TPSA) is 18.5 Å². The Hall–Kier alpha value is -1.22. The van der Waals surface area contributed by atoms with Gasteiger partial charge in [-0.15, -0.1) is 0 Å². The Morgan fingerprint density at radius 3 is 2.56 bits per heavy atom. The van der Waals surface area contributed by atoms with Crippen LogP contribution in [0.4, 0.5) is 11.4 Å². The summed E-state index contributed by atoms with van der Waals surface area (Å²) in [4.78, 5) is 5.38. The largest absolute Gasteiger partial charge is 0.360 e. The Balaban J connectivity index is 1.23. The molecular formula is C22H32N3. The fraction of sp³-hybridized carbons (Fsp3) is 0.682. The van der Waals surface area contributed by atoms with E-state index in [4.69, 9.17) is 0 Å². The molecule has 4 aliphatic rings. The number of fused-ring (bicyclic) bond motifs is 2. The Morgan fingerprint density at radius 2 is 1.64 bits per heavy atom. The monoisotopic (exact) mass is 338 g/mol. The molecule has 1 aromatic carbocycles. The minimum absolute atomic E-state index is 0.665. The summed E-state index contributed by atoms with van der Waals surface area (Å²) in [5.41, 5.74) is 2.63. The van der Waals surface area contributed by atoms with Gasteiger partial charge >= 0.3 is 0 Å². The first kappa shape index (κ1) is 16.0. The van der Waals surface area contributed by atoms with Crippen molar-refractivity contribution < 1.29 is 0 Å². The number of hydrogen-bond acceptors (Lipinski definition) is 3. The maximum absolute atomic E-state index is 3.45. The summed E-state index contributed by atoms with van der Waals surface area (Å²) in [7, 11) is 0. The van der Waals surface area contributed by atoms with E-state index in [2.05, 4.69) is 46.1 Å². The van der Waals surface area contributed by atoms with Crippen LogP contribution in [0, 0.1) is 18.5 Å². The summed E-state index contributed by atoms with van der Waals surface area (Å²) < 4.78 is 0. The van der Waals surface area contributed by atoms with Gasteiger partial charge in [0, 0.05) is 25.2 Å².